The van der Waals surface area contributed by atoms with E-state index in [0.717, 1.165) is 23.6 Å². The molecule has 0 bridgehead atoms. The van der Waals surface area contributed by atoms with Crippen molar-refractivity contribution in [1.29, 1.82) is 0 Å². The van der Waals surface area contributed by atoms with Crippen LogP contribution >= 0.6 is 12.2 Å². The Labute approximate surface area is 114 Å². The maximum absolute atomic E-state index is 5.23. The molecule has 1 rings (SSSR count). The molecule has 0 heterocycles. The molecular formula is C13H20N2O2S. The zero-order valence-corrected chi connectivity index (χ0v) is 12.1. The molecule has 0 fully saturated rings. The van der Waals surface area contributed by atoms with Gasteiger partial charge >= 0.3 is 0 Å². The van der Waals surface area contributed by atoms with Gasteiger partial charge in [-0.3, -0.25) is 0 Å². The first-order valence-electron chi connectivity index (χ1n) is 5.89. The molecule has 0 saturated carbocycles. The van der Waals surface area contributed by atoms with Gasteiger partial charge in [0.2, 0.25) is 0 Å². The van der Waals surface area contributed by atoms with Gasteiger partial charge in [0.05, 0.1) is 14.2 Å². The molecule has 1 atom stereocenters. The summed E-state index contributed by atoms with van der Waals surface area (Å²) in [5.41, 5.74) is 0.840. The second-order valence-electron chi connectivity index (χ2n) is 4.01. The van der Waals surface area contributed by atoms with E-state index in [1.807, 2.05) is 18.2 Å². The Morgan fingerprint density at radius 2 is 1.78 bits per heavy atom. The second-order valence-corrected chi connectivity index (χ2v) is 4.42. The lowest BCUT2D eigenvalue weighted by molar-refractivity contribution is 0.395. The fourth-order valence-electron chi connectivity index (χ4n) is 1.37. The van der Waals surface area contributed by atoms with Gasteiger partial charge in [0.1, 0.15) is 11.5 Å². The Hall–Kier alpha value is -1.49. The van der Waals surface area contributed by atoms with Crippen LogP contribution in [0.1, 0.15) is 20.3 Å². The number of benzene rings is 1. The van der Waals surface area contributed by atoms with Crippen molar-refractivity contribution < 1.29 is 9.47 Å². The maximum atomic E-state index is 5.23. The minimum atomic E-state index is 0.345. The van der Waals surface area contributed by atoms with Gasteiger partial charge < -0.3 is 20.1 Å². The second kappa shape index (κ2) is 7.06. The molecule has 0 saturated heterocycles. The van der Waals surface area contributed by atoms with E-state index in [1.165, 1.54) is 0 Å². The fraction of sp³-hybridized carbons (Fsp3) is 0.462. The van der Waals surface area contributed by atoms with Crippen LogP contribution in [0.3, 0.4) is 0 Å². The zero-order valence-electron chi connectivity index (χ0n) is 11.2. The Morgan fingerprint density at radius 3 is 2.22 bits per heavy atom. The Morgan fingerprint density at radius 1 is 1.22 bits per heavy atom. The number of nitrogens with one attached hydrogen (secondary N) is 2. The first-order valence-corrected chi connectivity index (χ1v) is 6.30. The van der Waals surface area contributed by atoms with Crippen molar-refractivity contribution in [2.75, 3.05) is 19.5 Å². The number of methoxy groups -OCH3 is 2. The van der Waals surface area contributed by atoms with Gasteiger partial charge in [0.15, 0.2) is 5.11 Å². The molecule has 0 aromatic heterocycles. The largest absolute Gasteiger partial charge is 0.497 e. The summed E-state index contributed by atoms with van der Waals surface area (Å²) in [7, 11) is 3.24. The zero-order chi connectivity index (χ0) is 13.5. The Kier molecular flexibility index (Phi) is 5.71. The number of hydrogen-bond acceptors (Lipinski definition) is 3. The van der Waals surface area contributed by atoms with Gasteiger partial charge in [-0.1, -0.05) is 6.92 Å². The monoisotopic (exact) mass is 268 g/mol. The quantitative estimate of drug-likeness (QED) is 0.804. The number of hydrogen-bond donors (Lipinski definition) is 2. The molecule has 18 heavy (non-hydrogen) atoms. The highest BCUT2D eigenvalue weighted by Gasteiger charge is 2.05. The fourth-order valence-corrected chi connectivity index (χ4v) is 1.69. The minimum Gasteiger partial charge on any atom is -0.497 e. The van der Waals surface area contributed by atoms with E-state index in [1.54, 1.807) is 14.2 Å². The molecule has 1 aromatic carbocycles. The molecule has 0 amide bonds. The third-order valence-electron chi connectivity index (χ3n) is 2.60. The van der Waals surface area contributed by atoms with Crippen molar-refractivity contribution in [3.05, 3.63) is 18.2 Å². The highest BCUT2D eigenvalue weighted by atomic mass is 32.1. The van der Waals surface area contributed by atoms with Crippen LogP contribution in [-0.2, 0) is 0 Å². The van der Waals surface area contributed by atoms with Crippen LogP contribution in [0.5, 0.6) is 11.5 Å². The number of ether oxygens (including phenoxy) is 2. The van der Waals surface area contributed by atoms with Crippen molar-refractivity contribution in [2.45, 2.75) is 26.3 Å². The lowest BCUT2D eigenvalue weighted by Gasteiger charge is -2.16. The summed E-state index contributed by atoms with van der Waals surface area (Å²) < 4.78 is 10.4. The summed E-state index contributed by atoms with van der Waals surface area (Å²) in [5, 5.41) is 6.91. The lowest BCUT2D eigenvalue weighted by Crippen LogP contribution is -2.35. The van der Waals surface area contributed by atoms with E-state index in [4.69, 9.17) is 21.7 Å². The van der Waals surface area contributed by atoms with Crippen molar-refractivity contribution in [3.63, 3.8) is 0 Å². The van der Waals surface area contributed by atoms with Crippen LogP contribution in [0, 0.1) is 0 Å². The van der Waals surface area contributed by atoms with E-state index in [0.29, 0.717) is 11.2 Å². The predicted octanol–water partition coefficient (Wildman–Crippen LogP) is 2.79. The van der Waals surface area contributed by atoms with Crippen molar-refractivity contribution in [1.82, 2.24) is 5.32 Å². The van der Waals surface area contributed by atoms with Gasteiger partial charge in [-0.05, 0) is 25.6 Å². The number of thiocarbonyl (C=S) groups is 1. The summed E-state index contributed by atoms with van der Waals surface area (Å²) in [6.45, 7) is 4.19. The molecule has 2 N–H and O–H groups in total. The predicted molar refractivity (Wildman–Crippen MR) is 78.7 cm³/mol. The third-order valence-corrected chi connectivity index (χ3v) is 2.82. The molecule has 100 valence electrons. The summed E-state index contributed by atoms with van der Waals surface area (Å²) in [6.07, 6.45) is 1.02. The van der Waals surface area contributed by atoms with Crippen molar-refractivity contribution in [3.8, 4) is 11.5 Å². The average molecular weight is 268 g/mol. The minimum absolute atomic E-state index is 0.345. The molecule has 1 aromatic rings. The first-order chi connectivity index (χ1) is 8.58. The van der Waals surface area contributed by atoms with E-state index in [9.17, 15) is 0 Å². The molecule has 0 aliphatic heterocycles. The van der Waals surface area contributed by atoms with Crippen LogP contribution in [0.15, 0.2) is 18.2 Å². The molecule has 1 unspecified atom stereocenters. The van der Waals surface area contributed by atoms with Gasteiger partial charge in [-0.15, -0.1) is 0 Å². The number of anilines is 1. The summed E-state index contributed by atoms with van der Waals surface area (Å²) in [6, 6.07) is 5.90. The summed E-state index contributed by atoms with van der Waals surface area (Å²) in [4.78, 5) is 0. The van der Waals surface area contributed by atoms with Gasteiger partial charge in [-0.25, -0.2) is 0 Å². The first kappa shape index (κ1) is 14.6. The average Bonchev–Trinajstić information content (AvgIpc) is 2.37. The molecule has 4 nitrogen and oxygen atoms in total. The SMILES string of the molecule is CCC(C)NC(=S)Nc1cc(OC)cc(OC)c1. The standard InChI is InChI=1S/C13H20N2O2S/c1-5-9(2)14-13(18)15-10-6-11(16-3)8-12(7-10)17-4/h6-9H,5H2,1-4H3,(H2,14,15,18). The van der Waals surface area contributed by atoms with Crippen LogP contribution in [0.25, 0.3) is 0 Å². The van der Waals surface area contributed by atoms with Crippen LogP contribution in [0.2, 0.25) is 0 Å². The Bertz CT molecular complexity index is 388. The van der Waals surface area contributed by atoms with Gasteiger partial charge in [0, 0.05) is 29.9 Å². The normalized spacial score (nSPS) is 11.6. The van der Waals surface area contributed by atoms with E-state index in [2.05, 4.69) is 24.5 Å². The van der Waals surface area contributed by atoms with Crippen molar-refractivity contribution >= 4 is 23.0 Å². The Balaban J connectivity index is 2.74. The van der Waals surface area contributed by atoms with Crippen LogP contribution in [-0.4, -0.2) is 25.4 Å². The molecular weight excluding hydrogens is 248 g/mol. The maximum Gasteiger partial charge on any atom is 0.170 e. The van der Waals surface area contributed by atoms with Crippen LogP contribution in [0.4, 0.5) is 5.69 Å². The third kappa shape index (κ3) is 4.41. The topological polar surface area (TPSA) is 42.5 Å². The number of rotatable bonds is 5. The van der Waals surface area contributed by atoms with Gasteiger partial charge in [0.25, 0.3) is 0 Å². The van der Waals surface area contributed by atoms with E-state index >= 15 is 0 Å². The molecule has 5 heteroatoms. The summed E-state index contributed by atoms with van der Waals surface area (Å²) >= 11 is 5.23. The van der Waals surface area contributed by atoms with E-state index < -0.39 is 0 Å². The summed E-state index contributed by atoms with van der Waals surface area (Å²) in [5.74, 6) is 1.45. The molecule has 0 radical (unpaired) electrons. The van der Waals surface area contributed by atoms with Crippen LogP contribution < -0.4 is 20.1 Å². The van der Waals surface area contributed by atoms with Gasteiger partial charge in [-0.2, -0.15) is 0 Å². The molecule has 0 spiro atoms. The highest BCUT2D eigenvalue weighted by molar-refractivity contribution is 7.80. The lowest BCUT2D eigenvalue weighted by atomic mass is 10.2. The molecule has 0 aliphatic rings. The van der Waals surface area contributed by atoms with Crippen molar-refractivity contribution in [2.24, 2.45) is 0 Å². The molecule has 0 aliphatic carbocycles. The highest BCUT2D eigenvalue weighted by Crippen LogP contribution is 2.25. The van der Waals surface area contributed by atoms with E-state index in [-0.39, 0.29) is 0 Å². The smallest absolute Gasteiger partial charge is 0.170 e.